The van der Waals surface area contributed by atoms with Gasteiger partial charge in [0.1, 0.15) is 11.5 Å². The highest BCUT2D eigenvalue weighted by molar-refractivity contribution is 7.22. The Bertz CT molecular complexity index is 1080. The summed E-state index contributed by atoms with van der Waals surface area (Å²) >= 11 is 0. The van der Waals surface area contributed by atoms with Crippen molar-refractivity contribution in [2.75, 3.05) is 20.4 Å². The van der Waals surface area contributed by atoms with Crippen molar-refractivity contribution in [1.82, 2.24) is 0 Å². The molecule has 1 saturated heterocycles. The van der Waals surface area contributed by atoms with E-state index in [1.165, 1.54) is 101 Å². The number of benzene rings is 3. The summed E-state index contributed by atoms with van der Waals surface area (Å²) in [4.78, 5) is 0. The minimum atomic E-state index is -0.305. The lowest BCUT2D eigenvalue weighted by Gasteiger charge is -1.97. The molecule has 10 heteroatoms. The number of hydrogen-bond donors (Lipinski definition) is 1. The van der Waals surface area contributed by atoms with Gasteiger partial charge in [-0.05, 0) is 62.6 Å². The van der Waals surface area contributed by atoms with Gasteiger partial charge in [-0.25, -0.2) is 9.13 Å². The standard InChI is InChI=1S/C10H20O.C8H10.C7H8O.C7H16.C6H5O2P.C2H6.CH3O2P.CH3OP/c1-2-3-4-5-6-7-8-10-9-11-10;1-7-5-3-4-6-8(7)2;1-6-2-4-7(8)5-3-6;1-3-5-7-6-4-2;7-9-8-6-4-2-1-3-5-6;1-2;1-3-4-2;1-3-2/h10H,2-9H2,1H3;3-6H,1-2H3;2-5,8H,1H3;3-7H2,1-2H3;1-5H;1-2H3;1H3;1H3. The third kappa shape index (κ3) is 49.6. The van der Waals surface area contributed by atoms with Gasteiger partial charge in [0.15, 0.2) is 8.46 Å². The largest absolute Gasteiger partial charge is 0.508 e. The third-order valence-corrected chi connectivity index (χ3v) is 7.34. The molecule has 1 aliphatic heterocycles. The average Bonchev–Trinajstić information content (AvgIpc) is 4.00. The molecule has 1 atom stereocenters. The Morgan fingerprint density at radius 3 is 1.38 bits per heavy atom. The first-order valence-corrected chi connectivity index (χ1v) is 21.4. The summed E-state index contributed by atoms with van der Waals surface area (Å²) in [6, 6.07) is 24.4. The number of hydrogen-bond acceptors (Lipinski definition) is 7. The average molecular weight is 781 g/mol. The SMILES string of the molecule is CC.CCCCCCC.CCCCCCCCC1CO1.COP=O.CP=O.Cc1ccc(O)cc1.Cc1ccccc1C.O=POc1ccccc1. The quantitative estimate of drug-likeness (QED) is 0.0987. The number of epoxide rings is 1. The summed E-state index contributed by atoms with van der Waals surface area (Å²) in [6.45, 7) is 19.6. The summed E-state index contributed by atoms with van der Waals surface area (Å²) in [5.41, 5.74) is 3.91. The van der Waals surface area contributed by atoms with Crippen molar-refractivity contribution in [3.8, 4) is 11.5 Å². The molecular formula is C42H71O7P3. The van der Waals surface area contributed by atoms with Crippen molar-refractivity contribution in [1.29, 1.82) is 0 Å². The molecule has 1 heterocycles. The first-order valence-electron chi connectivity index (χ1n) is 18.7. The van der Waals surface area contributed by atoms with Crippen LogP contribution >= 0.6 is 25.8 Å². The zero-order valence-corrected chi connectivity index (χ0v) is 36.7. The van der Waals surface area contributed by atoms with Crippen LogP contribution in [0.3, 0.4) is 0 Å². The Hall–Kier alpha value is -2.52. The third-order valence-electron chi connectivity index (χ3n) is 6.91. The lowest BCUT2D eigenvalue weighted by atomic mass is 10.1. The van der Waals surface area contributed by atoms with E-state index >= 15 is 0 Å². The maximum atomic E-state index is 9.85. The second-order valence-corrected chi connectivity index (χ2v) is 12.6. The predicted molar refractivity (Wildman–Crippen MR) is 225 cm³/mol. The van der Waals surface area contributed by atoms with Crippen molar-refractivity contribution in [3.05, 3.63) is 95.6 Å². The van der Waals surface area contributed by atoms with Gasteiger partial charge in [0.2, 0.25) is 0 Å². The van der Waals surface area contributed by atoms with Crippen LogP contribution in [0.15, 0.2) is 78.9 Å². The van der Waals surface area contributed by atoms with E-state index in [0.717, 1.165) is 6.61 Å². The van der Waals surface area contributed by atoms with Gasteiger partial charge in [-0.2, -0.15) is 0 Å². The molecule has 0 spiro atoms. The Labute approximate surface area is 323 Å². The molecule has 0 saturated carbocycles. The van der Waals surface area contributed by atoms with Crippen LogP contribution in [0.2, 0.25) is 0 Å². The van der Waals surface area contributed by atoms with E-state index in [1.54, 1.807) is 30.9 Å². The molecule has 3 aromatic rings. The Morgan fingerprint density at radius 1 is 0.654 bits per heavy atom. The molecule has 0 amide bonds. The second-order valence-electron chi connectivity index (χ2n) is 11.4. The first-order chi connectivity index (χ1) is 25.2. The van der Waals surface area contributed by atoms with E-state index in [-0.39, 0.29) is 25.8 Å². The van der Waals surface area contributed by atoms with Crippen LogP contribution < -0.4 is 4.52 Å². The lowest BCUT2D eigenvalue weighted by molar-refractivity contribution is 0.387. The Balaban J connectivity index is -0.000000263. The summed E-state index contributed by atoms with van der Waals surface area (Å²) in [5, 5.41) is 8.76. The number of rotatable bonds is 14. The molecule has 1 aliphatic rings. The fourth-order valence-corrected chi connectivity index (χ4v) is 4.00. The normalized spacial score (nSPS) is 11.5. The summed E-state index contributed by atoms with van der Waals surface area (Å²) in [7, 11) is 0.966. The topological polar surface area (TPSA) is 102 Å². The number of para-hydroxylation sites is 1. The molecule has 7 nitrogen and oxygen atoms in total. The van der Waals surface area contributed by atoms with Gasteiger partial charge < -0.3 is 14.4 Å². The lowest BCUT2D eigenvalue weighted by Crippen LogP contribution is -1.85. The highest BCUT2D eigenvalue weighted by atomic mass is 31.1. The minimum Gasteiger partial charge on any atom is -0.508 e. The number of unbranched alkanes of at least 4 members (excludes halogenated alkanes) is 9. The zero-order valence-electron chi connectivity index (χ0n) is 34.0. The van der Waals surface area contributed by atoms with Crippen LogP contribution in [0.1, 0.15) is 128 Å². The molecule has 1 fully saturated rings. The molecule has 4 rings (SSSR count). The van der Waals surface area contributed by atoms with E-state index < -0.39 is 0 Å². The first kappa shape index (κ1) is 56.2. The van der Waals surface area contributed by atoms with Crippen LogP contribution in [-0.4, -0.2) is 31.6 Å². The molecule has 0 aromatic heterocycles. The van der Waals surface area contributed by atoms with Gasteiger partial charge in [0.05, 0.1) is 12.7 Å². The van der Waals surface area contributed by atoms with Crippen molar-refractivity contribution < 1.29 is 32.6 Å². The molecule has 0 bridgehead atoms. The molecule has 1 N–H and O–H groups in total. The molecule has 296 valence electrons. The van der Waals surface area contributed by atoms with Crippen LogP contribution in [0.4, 0.5) is 0 Å². The van der Waals surface area contributed by atoms with E-state index in [4.69, 9.17) is 19.0 Å². The summed E-state index contributed by atoms with van der Waals surface area (Å²) < 4.78 is 41.5. The maximum absolute atomic E-state index is 9.85. The smallest absolute Gasteiger partial charge is 0.395 e. The maximum Gasteiger partial charge on any atom is 0.395 e. The number of ether oxygens (including phenoxy) is 1. The van der Waals surface area contributed by atoms with E-state index in [2.05, 4.69) is 67.9 Å². The van der Waals surface area contributed by atoms with Crippen molar-refractivity contribution >= 4 is 25.8 Å². The second kappa shape index (κ2) is 48.5. The number of aryl methyl sites for hydroxylation is 3. The number of aromatic hydroxyl groups is 1. The highest BCUT2D eigenvalue weighted by Gasteiger charge is 2.20. The Kier molecular flexibility index (Phi) is 52.4. The van der Waals surface area contributed by atoms with Crippen LogP contribution in [-0.2, 0) is 23.0 Å². The van der Waals surface area contributed by atoms with Gasteiger partial charge in [-0.1, -0.05) is 165 Å². The summed E-state index contributed by atoms with van der Waals surface area (Å²) in [6.07, 6.45) is 17.4. The van der Waals surface area contributed by atoms with Gasteiger partial charge in [0.25, 0.3) is 0 Å². The molecule has 0 aliphatic carbocycles. The highest BCUT2D eigenvalue weighted by Crippen LogP contribution is 2.18. The minimum absolute atomic E-state index is 0.167. The number of phenolic OH excluding ortho intramolecular Hbond substituents is 1. The Morgan fingerprint density at radius 2 is 1.04 bits per heavy atom. The summed E-state index contributed by atoms with van der Waals surface area (Å²) in [5.74, 6) is 0.949. The van der Waals surface area contributed by atoms with Gasteiger partial charge in [-0.3, -0.25) is 9.09 Å². The van der Waals surface area contributed by atoms with E-state index in [1.807, 2.05) is 51.1 Å². The number of phenols is 1. The van der Waals surface area contributed by atoms with Gasteiger partial charge in [-0.15, -0.1) is 0 Å². The predicted octanol–water partition coefficient (Wildman–Crippen LogP) is 15.2. The molecule has 0 radical (unpaired) electrons. The van der Waals surface area contributed by atoms with E-state index in [0.29, 0.717) is 17.6 Å². The van der Waals surface area contributed by atoms with Gasteiger partial charge >= 0.3 is 17.4 Å². The fourth-order valence-electron chi connectivity index (χ4n) is 3.80. The van der Waals surface area contributed by atoms with Crippen LogP contribution in [0, 0.1) is 20.8 Å². The van der Waals surface area contributed by atoms with Crippen LogP contribution in [0.25, 0.3) is 0 Å². The van der Waals surface area contributed by atoms with Crippen molar-refractivity contribution in [2.24, 2.45) is 0 Å². The van der Waals surface area contributed by atoms with Crippen molar-refractivity contribution in [2.45, 2.75) is 139 Å². The van der Waals surface area contributed by atoms with E-state index in [9.17, 15) is 4.57 Å². The monoisotopic (exact) mass is 780 g/mol. The fraction of sp³-hybridized carbons (Fsp3) is 0.571. The zero-order chi connectivity index (χ0) is 40.1. The molecular weight excluding hydrogens is 709 g/mol. The van der Waals surface area contributed by atoms with Gasteiger partial charge in [0, 0.05) is 13.8 Å². The molecule has 52 heavy (non-hydrogen) atoms. The van der Waals surface area contributed by atoms with Crippen LogP contribution in [0.5, 0.6) is 11.5 Å². The van der Waals surface area contributed by atoms with Crippen molar-refractivity contribution in [3.63, 3.8) is 0 Å². The molecule has 3 aromatic carbocycles. The molecule has 1 unspecified atom stereocenters.